The lowest BCUT2D eigenvalue weighted by Crippen LogP contribution is -2.60. The van der Waals surface area contributed by atoms with Crippen LogP contribution in [0.5, 0.6) is 23.0 Å². The molecule has 8 saturated carbocycles. The predicted molar refractivity (Wildman–Crippen MR) is 554 cm³/mol. The Hall–Kier alpha value is -7.11. The molecule has 143 heavy (non-hydrogen) atoms. The maximum atomic E-state index is 13.9. The molecule has 4 aromatic carbocycles. The number of carbonyl (C=O) groups is 5. The van der Waals surface area contributed by atoms with E-state index in [1.54, 1.807) is 26.4 Å². The van der Waals surface area contributed by atoms with Gasteiger partial charge in [0.2, 0.25) is 0 Å². The molecule has 12 fully saturated rings. The Kier molecular flexibility index (Phi) is 28.9. The van der Waals surface area contributed by atoms with Crippen LogP contribution in [0.15, 0.2) is 68.1 Å². The highest BCUT2D eigenvalue weighted by Gasteiger charge is 2.69. The summed E-state index contributed by atoms with van der Waals surface area (Å²) < 4.78 is 114. The second kappa shape index (κ2) is 38.1. The summed E-state index contributed by atoms with van der Waals surface area (Å²) in [5, 5.41) is 71.0. The van der Waals surface area contributed by atoms with E-state index in [2.05, 4.69) is 127 Å². The number of benzene rings is 4. The fourth-order valence-corrected chi connectivity index (χ4v) is 43.0. The topological polar surface area (TPSA) is 405 Å². The Morgan fingerprint density at radius 2 is 0.566 bits per heavy atom. The molecular weight excluding hydrogens is 1890 g/mol. The second-order valence-corrected chi connectivity index (χ2v) is 59.8. The van der Waals surface area contributed by atoms with Crippen LogP contribution in [0, 0.1) is 90.7 Å². The van der Waals surface area contributed by atoms with Gasteiger partial charge in [0.15, 0.2) is 39.3 Å². The van der Waals surface area contributed by atoms with Crippen LogP contribution in [0.1, 0.15) is 324 Å². The first-order valence-electron chi connectivity index (χ1n) is 53.4. The third-order valence-electron chi connectivity index (χ3n) is 40.3. The van der Waals surface area contributed by atoms with Gasteiger partial charge < -0.3 is 75.7 Å². The van der Waals surface area contributed by atoms with Crippen molar-refractivity contribution in [1.82, 2.24) is 40.4 Å². The molecule has 792 valence electrons. The fraction of sp³-hybridized carbons (Fsp3) is 0.736. The number of phenolic OH excluding ortho intramolecular Hbond substituents is 4. The molecule has 8 aliphatic carbocycles. The molecule has 9 N–H and O–H groups in total. The molecule has 4 amide bonds. The lowest BCUT2D eigenvalue weighted by Gasteiger charge is -2.64. The van der Waals surface area contributed by atoms with Crippen LogP contribution < -0.4 is 16.0 Å². The van der Waals surface area contributed by atoms with Crippen LogP contribution in [0.25, 0.3) is 0 Å². The van der Waals surface area contributed by atoms with Crippen molar-refractivity contribution in [3.63, 3.8) is 0 Å². The summed E-state index contributed by atoms with van der Waals surface area (Å²) in [6, 6.07) is 11.1. The number of aromatic hydroxyl groups is 4. The van der Waals surface area contributed by atoms with Crippen LogP contribution in [-0.4, -0.2) is 259 Å². The number of phenols is 4. The Balaban J connectivity index is 0.000000132. The highest BCUT2D eigenvalue weighted by molar-refractivity contribution is 7.92. The summed E-state index contributed by atoms with van der Waals surface area (Å²) in [7, 11) is -15.2. The zero-order valence-corrected chi connectivity index (χ0v) is 92.1. The van der Waals surface area contributed by atoms with Crippen molar-refractivity contribution in [3.05, 3.63) is 93.0 Å². The number of carboxylic acids is 1. The van der Waals surface area contributed by atoms with E-state index in [9.17, 15) is 88.2 Å². The Bertz CT molecular complexity index is 5940. The van der Waals surface area contributed by atoms with E-state index in [-0.39, 0.29) is 168 Å². The highest BCUT2D eigenvalue weighted by atomic mass is 32.2. The molecule has 28 nitrogen and oxygen atoms in total. The smallest absolute Gasteiger partial charge is 0.410 e. The minimum absolute atomic E-state index is 0.0146. The van der Waals surface area contributed by atoms with E-state index in [1.807, 2.05) is 25.6 Å². The molecule has 0 aromatic heterocycles. The standard InChI is InChI=1S/C27H41BN2O5S.2C26H38N2O4S.C22H30O5S.C9H18N2O2/c1-25(2)8-6-9-26(3)21(25)7-10-27(4)22(26)17-36(34,35)20-16-18(31)15-19(23(20)27)24(32)29-11-13-30(14-12-29)28(5)33;2*1-24(2)7-5-8-25(3)20(24)6-9-26(4)21(25)16-33(31,32)19-15-17(29)14-18(22(19)26)23(30)28-12-10-27-11-13-28;1-20(2)7-5-8-21(3)16(20)6-9-22(4)17(21)12-28(26,27)15-11-13(23)10-14(18(15)22)19(24)25;1-9(2,3)13-8(12)11-6-4-10-5-7-11/h15-16,21-22,31,33H,6-14,17H2,1-5H3;2*14-15,20-21,27,29H,5-13,16H2,1-4H3;10-11,16-17,23H,5-9,12H2,1-4H3,(H,24,25);10H,4-7H2,1-3H3/t21-,22+,26-,27+;2*20-,21+,25-,26+;16-,17+,21-,22+;/m0000./s1. The van der Waals surface area contributed by atoms with Crippen LogP contribution in [0.2, 0.25) is 6.82 Å². The molecule has 4 aromatic rings. The molecule has 0 bridgehead atoms. The first kappa shape index (κ1) is 109. The molecule has 8 heterocycles. The van der Waals surface area contributed by atoms with Crippen LogP contribution >= 0.6 is 0 Å². The molecule has 16 aliphatic rings. The number of rotatable bonds is 5. The fourth-order valence-electron chi connectivity index (χ4n) is 33.7. The Labute approximate surface area is 851 Å². The number of aromatic carboxylic acids is 1. The highest BCUT2D eigenvalue weighted by Crippen LogP contribution is 2.73. The van der Waals surface area contributed by atoms with E-state index >= 15 is 0 Å². The van der Waals surface area contributed by atoms with Gasteiger partial charge in [-0.1, -0.05) is 136 Å². The minimum atomic E-state index is -3.68. The minimum Gasteiger partial charge on any atom is -0.508 e. The first-order chi connectivity index (χ1) is 66.3. The molecule has 8 aliphatic heterocycles. The number of sulfone groups is 4. The molecule has 16 atom stereocenters. The van der Waals surface area contributed by atoms with Gasteiger partial charge in [-0.15, -0.1) is 0 Å². The van der Waals surface area contributed by atoms with Gasteiger partial charge in [-0.25, -0.2) is 43.3 Å². The van der Waals surface area contributed by atoms with Crippen LogP contribution in [0.3, 0.4) is 0 Å². The molecule has 0 unspecified atom stereocenters. The SMILES string of the molecule is CB(O)N1CCN(C(=O)c2cc(O)cc3c2[C@]2(C)CC[C@H]4C(C)(C)CCC[C@]4(C)[C@H]2CS3(=O)=O)CC1.CC(C)(C)OC(=O)N1CCNCC1.CC1(C)CCC[C@]2(C)[C@H]3CS(=O)(=O)c4cc(O)cc(C(=O)N5CCNCC5)c4[C@]3(C)CC[C@@H]12.CC1(C)CCC[C@]2(C)[C@H]3CS(=O)(=O)c4cc(O)cc(C(=O)N5CCNCC5)c4[C@]3(C)CC[C@@H]12.CC1(C)CCC[C@]2(C)[C@H]3CS(=O)(=O)c4cc(O)cc(C(=O)O)c4[C@]3(C)CC[C@@H]12. The van der Waals surface area contributed by atoms with Crippen molar-refractivity contribution in [2.75, 3.05) is 128 Å². The molecule has 0 spiro atoms. The first-order valence-corrected chi connectivity index (χ1v) is 60.0. The van der Waals surface area contributed by atoms with E-state index in [4.69, 9.17) is 4.74 Å². The quantitative estimate of drug-likeness (QED) is 0.0838. The average Bonchev–Trinajstić information content (AvgIpc) is 0.705. The summed E-state index contributed by atoms with van der Waals surface area (Å²) in [6.07, 6.45) is 20.3. The molecule has 4 saturated heterocycles. The number of hydrogen-bond acceptors (Lipinski definition) is 23. The van der Waals surface area contributed by atoms with Gasteiger partial charge in [-0.05, 0) is 313 Å². The van der Waals surface area contributed by atoms with Crippen molar-refractivity contribution in [3.8, 4) is 23.0 Å². The molecule has 0 radical (unpaired) electrons. The van der Waals surface area contributed by atoms with Gasteiger partial charge in [0.05, 0.1) is 48.2 Å². The van der Waals surface area contributed by atoms with Crippen molar-refractivity contribution in [2.24, 2.45) is 90.7 Å². The van der Waals surface area contributed by atoms with Crippen molar-refractivity contribution < 1.29 is 92.9 Å². The summed E-state index contributed by atoms with van der Waals surface area (Å²) in [4.78, 5) is 74.3. The maximum Gasteiger partial charge on any atom is 0.410 e. The predicted octanol–water partition coefficient (Wildman–Crippen LogP) is 16.2. The Morgan fingerprint density at radius 3 is 0.804 bits per heavy atom. The number of nitrogens with one attached hydrogen (secondary N) is 3. The van der Waals surface area contributed by atoms with Crippen LogP contribution in [-0.2, 0) is 65.7 Å². The zero-order valence-electron chi connectivity index (χ0n) is 88.9. The summed E-state index contributed by atoms with van der Waals surface area (Å²) in [6.45, 7) is 54.3. The van der Waals surface area contributed by atoms with Gasteiger partial charge in [0, 0.05) is 121 Å². The molecular formula is C110H165BN8O20S4. The third-order valence-corrected chi connectivity index (χ3v) is 47.4. The lowest BCUT2D eigenvalue weighted by atomic mass is 9.42. The van der Waals surface area contributed by atoms with Gasteiger partial charge in [-0.2, -0.15) is 0 Å². The number of ether oxygens (including phenoxy) is 1. The zero-order chi connectivity index (χ0) is 104. The summed E-state index contributed by atoms with van der Waals surface area (Å²) in [5.41, 5.74) is 1.47. The van der Waals surface area contributed by atoms with E-state index in [1.165, 1.54) is 61.4 Å². The van der Waals surface area contributed by atoms with E-state index < -0.39 is 74.0 Å². The van der Waals surface area contributed by atoms with E-state index in [0.717, 1.165) is 168 Å². The van der Waals surface area contributed by atoms with Crippen LogP contribution in [0.4, 0.5) is 4.79 Å². The number of carboxylic acid groups (broad SMARTS) is 1. The number of piperazine rings is 4. The van der Waals surface area contributed by atoms with Gasteiger partial charge in [0.1, 0.15) is 28.6 Å². The van der Waals surface area contributed by atoms with Crippen molar-refractivity contribution >= 4 is 76.2 Å². The Morgan fingerprint density at radius 1 is 0.336 bits per heavy atom. The summed E-state index contributed by atoms with van der Waals surface area (Å²) >= 11 is 0. The number of carbonyl (C=O) groups excluding carboxylic acids is 4. The van der Waals surface area contributed by atoms with Gasteiger partial charge in [-0.3, -0.25) is 14.4 Å². The number of fused-ring (bicyclic) bond motifs is 20. The summed E-state index contributed by atoms with van der Waals surface area (Å²) in [5.74, 6) is -0.654. The maximum absolute atomic E-state index is 13.9. The molecule has 33 heteroatoms. The largest absolute Gasteiger partial charge is 0.508 e. The van der Waals surface area contributed by atoms with E-state index in [0.29, 0.717) is 115 Å². The van der Waals surface area contributed by atoms with Crippen molar-refractivity contribution in [2.45, 2.75) is 314 Å². The van der Waals surface area contributed by atoms with Gasteiger partial charge in [0.25, 0.3) is 17.7 Å². The number of amides is 4. The number of nitrogens with zero attached hydrogens (tertiary/aromatic N) is 5. The van der Waals surface area contributed by atoms with Gasteiger partial charge >= 0.3 is 19.1 Å². The third kappa shape index (κ3) is 19.2. The lowest BCUT2D eigenvalue weighted by molar-refractivity contribution is -0.0983. The average molecular weight is 2060 g/mol. The monoisotopic (exact) mass is 2060 g/mol. The normalized spacial score (nSPS) is 35.1. The number of hydrogen-bond donors (Lipinski definition) is 9. The second-order valence-electron chi connectivity index (χ2n) is 51.8. The van der Waals surface area contributed by atoms with Crippen molar-refractivity contribution in [1.29, 1.82) is 0 Å². The molecule has 20 rings (SSSR count).